The summed E-state index contributed by atoms with van der Waals surface area (Å²) in [5.41, 5.74) is 1.45. The van der Waals surface area contributed by atoms with Gasteiger partial charge in [0.2, 0.25) is 0 Å². The SMILES string of the molecule is CS(=O)c1nc2c([nH]1)C(=O)N1CCNC1N2Cc1ccc(Cl)cc1. The molecule has 7 nitrogen and oxygen atoms in total. The molecule has 2 unspecified atom stereocenters. The zero-order chi connectivity index (χ0) is 16.8. The Morgan fingerprint density at radius 1 is 1.38 bits per heavy atom. The van der Waals surface area contributed by atoms with Crippen LogP contribution in [0.15, 0.2) is 29.4 Å². The normalized spacial score (nSPS) is 20.9. The van der Waals surface area contributed by atoms with Crippen molar-refractivity contribution in [1.29, 1.82) is 0 Å². The van der Waals surface area contributed by atoms with Gasteiger partial charge in [0.15, 0.2) is 17.3 Å². The van der Waals surface area contributed by atoms with Gasteiger partial charge in [0.25, 0.3) is 5.91 Å². The Morgan fingerprint density at radius 3 is 2.83 bits per heavy atom. The summed E-state index contributed by atoms with van der Waals surface area (Å²) in [7, 11) is -1.28. The number of aromatic nitrogens is 2. The summed E-state index contributed by atoms with van der Waals surface area (Å²) >= 11 is 5.95. The van der Waals surface area contributed by atoms with Crippen LogP contribution in [0.3, 0.4) is 0 Å². The van der Waals surface area contributed by atoms with Crippen LogP contribution < -0.4 is 10.2 Å². The first-order valence-corrected chi connectivity index (χ1v) is 9.47. The van der Waals surface area contributed by atoms with E-state index >= 15 is 0 Å². The summed E-state index contributed by atoms with van der Waals surface area (Å²) in [6.07, 6.45) is 1.29. The molecule has 0 radical (unpaired) electrons. The molecule has 1 aromatic carbocycles. The molecular formula is C15H16ClN5O2S. The fourth-order valence-electron chi connectivity index (χ4n) is 3.08. The van der Waals surface area contributed by atoms with Crippen LogP contribution in [-0.4, -0.2) is 50.6 Å². The van der Waals surface area contributed by atoms with Crippen LogP contribution in [0.1, 0.15) is 16.1 Å². The maximum absolute atomic E-state index is 12.6. The van der Waals surface area contributed by atoms with E-state index in [4.69, 9.17) is 11.6 Å². The number of rotatable bonds is 3. The number of nitrogens with one attached hydrogen (secondary N) is 2. The first kappa shape index (κ1) is 15.6. The minimum absolute atomic E-state index is 0.114. The lowest BCUT2D eigenvalue weighted by molar-refractivity contribution is 0.0697. The minimum Gasteiger partial charge on any atom is -0.325 e. The number of fused-ring (bicyclic) bond motifs is 2. The molecule has 2 N–H and O–H groups in total. The monoisotopic (exact) mass is 365 g/mol. The fraction of sp³-hybridized carbons (Fsp3) is 0.333. The predicted molar refractivity (Wildman–Crippen MR) is 91.4 cm³/mol. The summed E-state index contributed by atoms with van der Waals surface area (Å²) in [6, 6.07) is 7.57. The maximum atomic E-state index is 12.6. The van der Waals surface area contributed by atoms with Gasteiger partial charge >= 0.3 is 0 Å². The average molecular weight is 366 g/mol. The van der Waals surface area contributed by atoms with Gasteiger partial charge < -0.3 is 14.8 Å². The van der Waals surface area contributed by atoms with Gasteiger partial charge in [-0.25, -0.2) is 4.98 Å². The summed E-state index contributed by atoms with van der Waals surface area (Å²) in [4.78, 5) is 23.8. The third-order valence-electron chi connectivity index (χ3n) is 4.22. The molecule has 9 heteroatoms. The van der Waals surface area contributed by atoms with E-state index < -0.39 is 10.8 Å². The van der Waals surface area contributed by atoms with Crippen LogP contribution in [0, 0.1) is 0 Å². The van der Waals surface area contributed by atoms with Crippen LogP contribution in [0.4, 0.5) is 5.82 Å². The van der Waals surface area contributed by atoms with Crippen molar-refractivity contribution >= 4 is 34.1 Å². The lowest BCUT2D eigenvalue weighted by Gasteiger charge is -2.39. The number of carbonyl (C=O) groups is 1. The smallest absolute Gasteiger partial charge is 0.276 e. The number of H-pyrrole nitrogens is 1. The molecule has 2 aliphatic rings. The third-order valence-corrected chi connectivity index (χ3v) is 5.21. The number of benzene rings is 1. The van der Waals surface area contributed by atoms with E-state index in [1.807, 2.05) is 29.2 Å². The van der Waals surface area contributed by atoms with Gasteiger partial charge in [-0.2, -0.15) is 0 Å². The number of imidazole rings is 1. The summed E-state index contributed by atoms with van der Waals surface area (Å²) in [5.74, 6) is 0.423. The Labute approximate surface area is 146 Å². The second-order valence-corrected chi connectivity index (χ2v) is 7.51. The van der Waals surface area contributed by atoms with Gasteiger partial charge in [0.05, 0.1) is 10.8 Å². The molecule has 1 aromatic heterocycles. The molecule has 1 amide bonds. The van der Waals surface area contributed by atoms with Gasteiger partial charge in [-0.15, -0.1) is 0 Å². The Hall–Kier alpha value is -1.90. The van der Waals surface area contributed by atoms with Crippen LogP contribution in [0.2, 0.25) is 5.02 Å². The van der Waals surface area contributed by atoms with Gasteiger partial charge in [-0.05, 0) is 17.7 Å². The van der Waals surface area contributed by atoms with E-state index in [-0.39, 0.29) is 12.2 Å². The van der Waals surface area contributed by atoms with E-state index in [1.54, 1.807) is 4.90 Å². The van der Waals surface area contributed by atoms with E-state index in [0.717, 1.165) is 12.1 Å². The van der Waals surface area contributed by atoms with Crippen molar-refractivity contribution in [3.63, 3.8) is 0 Å². The molecule has 0 spiro atoms. The maximum Gasteiger partial charge on any atom is 0.276 e. The molecule has 0 aliphatic carbocycles. The molecule has 4 rings (SSSR count). The van der Waals surface area contributed by atoms with Crippen molar-refractivity contribution in [3.8, 4) is 0 Å². The van der Waals surface area contributed by atoms with Crippen LogP contribution >= 0.6 is 11.6 Å². The highest BCUT2D eigenvalue weighted by Crippen LogP contribution is 2.32. The second kappa shape index (κ2) is 5.87. The number of amides is 1. The van der Waals surface area contributed by atoms with Crippen LogP contribution in [-0.2, 0) is 17.3 Å². The molecule has 126 valence electrons. The number of carbonyl (C=O) groups excluding carboxylic acids is 1. The lowest BCUT2D eigenvalue weighted by atomic mass is 10.2. The molecule has 3 heterocycles. The highest BCUT2D eigenvalue weighted by atomic mass is 35.5. The van der Waals surface area contributed by atoms with Crippen molar-refractivity contribution < 1.29 is 9.00 Å². The lowest BCUT2D eigenvalue weighted by Crippen LogP contribution is -2.56. The number of hydrogen-bond donors (Lipinski definition) is 2. The van der Waals surface area contributed by atoms with E-state index in [9.17, 15) is 9.00 Å². The number of anilines is 1. The highest BCUT2D eigenvalue weighted by Gasteiger charge is 2.42. The Bertz CT molecular complexity index is 822. The molecule has 1 fully saturated rings. The zero-order valence-corrected chi connectivity index (χ0v) is 14.5. The molecule has 2 atom stereocenters. The van der Waals surface area contributed by atoms with E-state index in [2.05, 4.69) is 15.3 Å². The zero-order valence-electron chi connectivity index (χ0n) is 13.0. The first-order valence-electron chi connectivity index (χ1n) is 7.53. The predicted octanol–water partition coefficient (Wildman–Crippen LogP) is 1.15. The number of nitrogens with zero attached hydrogens (tertiary/aromatic N) is 3. The number of hydrogen-bond acceptors (Lipinski definition) is 5. The van der Waals surface area contributed by atoms with Gasteiger partial charge in [-0.3, -0.25) is 14.3 Å². The quantitative estimate of drug-likeness (QED) is 0.852. The van der Waals surface area contributed by atoms with Gasteiger partial charge in [0.1, 0.15) is 5.69 Å². The summed E-state index contributed by atoms with van der Waals surface area (Å²) in [6.45, 7) is 1.92. The van der Waals surface area contributed by atoms with E-state index in [0.29, 0.717) is 34.8 Å². The fourth-order valence-corrected chi connectivity index (χ4v) is 3.67. The van der Waals surface area contributed by atoms with Gasteiger partial charge in [0, 0.05) is 30.9 Å². The second-order valence-electron chi connectivity index (χ2n) is 5.78. The largest absolute Gasteiger partial charge is 0.325 e. The number of aromatic amines is 1. The molecule has 2 aliphatic heterocycles. The molecule has 24 heavy (non-hydrogen) atoms. The van der Waals surface area contributed by atoms with Crippen molar-refractivity contribution in [2.75, 3.05) is 24.2 Å². The summed E-state index contributed by atoms with van der Waals surface area (Å²) < 4.78 is 11.8. The molecular weight excluding hydrogens is 350 g/mol. The Kier molecular flexibility index (Phi) is 3.82. The Morgan fingerprint density at radius 2 is 2.12 bits per heavy atom. The Balaban J connectivity index is 1.76. The van der Waals surface area contributed by atoms with Crippen LogP contribution in [0.5, 0.6) is 0 Å². The highest BCUT2D eigenvalue weighted by molar-refractivity contribution is 7.84. The molecule has 0 saturated carbocycles. The van der Waals surface area contributed by atoms with Gasteiger partial charge in [-0.1, -0.05) is 23.7 Å². The van der Waals surface area contributed by atoms with Crippen molar-refractivity contribution in [2.24, 2.45) is 0 Å². The molecule has 2 aromatic rings. The van der Waals surface area contributed by atoms with Crippen LogP contribution in [0.25, 0.3) is 0 Å². The standard InChI is InChI=1S/C15H16ClN5O2S/c1-24(23)14-18-11-12(19-14)21(8-9-2-4-10(16)5-3-9)15-17-6-7-20(15)13(11)22/h2-5,15,17H,6-8H2,1H3,(H,18,19). The average Bonchev–Trinajstić information content (AvgIpc) is 3.20. The van der Waals surface area contributed by atoms with Crippen molar-refractivity contribution in [3.05, 3.63) is 40.5 Å². The molecule has 0 bridgehead atoms. The number of halogens is 1. The third kappa shape index (κ3) is 2.51. The van der Waals surface area contributed by atoms with E-state index in [1.165, 1.54) is 6.26 Å². The summed E-state index contributed by atoms with van der Waals surface area (Å²) in [5, 5.41) is 4.32. The first-order chi connectivity index (χ1) is 11.5. The molecule has 1 saturated heterocycles. The minimum atomic E-state index is -1.28. The van der Waals surface area contributed by atoms with Crippen molar-refractivity contribution in [1.82, 2.24) is 20.2 Å². The topological polar surface area (TPSA) is 81.3 Å². The van der Waals surface area contributed by atoms with Crippen molar-refractivity contribution in [2.45, 2.75) is 18.0 Å².